The number of thioether (sulfide) groups is 1. The van der Waals surface area contributed by atoms with E-state index in [1.54, 1.807) is 11.8 Å². The molecule has 1 nitrogen and oxygen atoms in total. The SMILES string of the molecule is C[C@@H](N)c1ccc(SCc2ccc(Cl)cc2)c(Cl)c1. The average Bonchev–Trinajstić information content (AvgIpc) is 2.39. The lowest BCUT2D eigenvalue weighted by atomic mass is 10.1. The van der Waals surface area contributed by atoms with E-state index in [0.717, 1.165) is 26.3 Å². The fourth-order valence-corrected chi connectivity index (χ4v) is 3.01. The molecule has 0 aliphatic carbocycles. The maximum absolute atomic E-state index is 6.27. The molecule has 2 aromatic rings. The van der Waals surface area contributed by atoms with Crippen molar-refractivity contribution in [3.63, 3.8) is 0 Å². The fraction of sp³-hybridized carbons (Fsp3) is 0.200. The molecule has 0 unspecified atom stereocenters. The van der Waals surface area contributed by atoms with E-state index in [1.807, 2.05) is 49.4 Å². The molecule has 0 saturated heterocycles. The number of hydrogen-bond acceptors (Lipinski definition) is 2. The predicted octanol–water partition coefficient (Wildman–Crippen LogP) is 5.31. The predicted molar refractivity (Wildman–Crippen MR) is 85.1 cm³/mol. The Hall–Kier alpha value is -0.670. The van der Waals surface area contributed by atoms with E-state index < -0.39 is 0 Å². The van der Waals surface area contributed by atoms with Crippen LogP contribution in [0.15, 0.2) is 47.4 Å². The van der Waals surface area contributed by atoms with Gasteiger partial charge in [0.2, 0.25) is 0 Å². The van der Waals surface area contributed by atoms with Gasteiger partial charge in [0.1, 0.15) is 0 Å². The van der Waals surface area contributed by atoms with E-state index >= 15 is 0 Å². The van der Waals surface area contributed by atoms with Crippen LogP contribution in [0, 0.1) is 0 Å². The van der Waals surface area contributed by atoms with Crippen LogP contribution in [0.25, 0.3) is 0 Å². The number of rotatable bonds is 4. The Labute approximate surface area is 128 Å². The topological polar surface area (TPSA) is 26.0 Å². The molecule has 0 radical (unpaired) electrons. The maximum Gasteiger partial charge on any atom is 0.0545 e. The Morgan fingerprint density at radius 2 is 1.79 bits per heavy atom. The summed E-state index contributed by atoms with van der Waals surface area (Å²) in [4.78, 5) is 1.07. The van der Waals surface area contributed by atoms with Crippen molar-refractivity contribution in [3.05, 3.63) is 63.6 Å². The molecule has 4 heteroatoms. The molecule has 100 valence electrons. The van der Waals surface area contributed by atoms with Gasteiger partial charge in [-0.05, 0) is 42.3 Å². The van der Waals surface area contributed by atoms with Gasteiger partial charge in [0, 0.05) is 21.7 Å². The van der Waals surface area contributed by atoms with Crippen LogP contribution >= 0.6 is 35.0 Å². The normalized spacial score (nSPS) is 12.4. The highest BCUT2D eigenvalue weighted by molar-refractivity contribution is 7.98. The van der Waals surface area contributed by atoms with Gasteiger partial charge < -0.3 is 5.73 Å². The van der Waals surface area contributed by atoms with Gasteiger partial charge in [-0.15, -0.1) is 11.8 Å². The van der Waals surface area contributed by atoms with Gasteiger partial charge in [-0.3, -0.25) is 0 Å². The molecule has 0 saturated carbocycles. The minimum Gasteiger partial charge on any atom is -0.324 e. The second kappa shape index (κ2) is 6.67. The van der Waals surface area contributed by atoms with Gasteiger partial charge in [-0.2, -0.15) is 0 Å². The summed E-state index contributed by atoms with van der Waals surface area (Å²) >= 11 is 13.8. The molecule has 19 heavy (non-hydrogen) atoms. The van der Waals surface area contributed by atoms with Crippen molar-refractivity contribution in [2.45, 2.75) is 23.6 Å². The van der Waals surface area contributed by atoms with Crippen molar-refractivity contribution in [1.29, 1.82) is 0 Å². The third kappa shape index (κ3) is 4.15. The monoisotopic (exact) mass is 311 g/mol. The smallest absolute Gasteiger partial charge is 0.0545 e. The number of halogens is 2. The van der Waals surface area contributed by atoms with E-state index in [4.69, 9.17) is 28.9 Å². The van der Waals surface area contributed by atoms with Gasteiger partial charge in [0.15, 0.2) is 0 Å². The first-order valence-corrected chi connectivity index (χ1v) is 7.72. The highest BCUT2D eigenvalue weighted by Gasteiger charge is 2.06. The molecule has 2 aromatic carbocycles. The first-order chi connectivity index (χ1) is 9.06. The Morgan fingerprint density at radius 1 is 1.11 bits per heavy atom. The summed E-state index contributed by atoms with van der Waals surface area (Å²) in [5.41, 5.74) is 8.11. The summed E-state index contributed by atoms with van der Waals surface area (Å²) in [6.07, 6.45) is 0. The van der Waals surface area contributed by atoms with Gasteiger partial charge >= 0.3 is 0 Å². The van der Waals surface area contributed by atoms with Crippen LogP contribution in [0.4, 0.5) is 0 Å². The van der Waals surface area contributed by atoms with E-state index in [0.29, 0.717) is 0 Å². The van der Waals surface area contributed by atoms with Crippen LogP contribution in [0.3, 0.4) is 0 Å². The second-order valence-corrected chi connectivity index (χ2v) is 6.25. The van der Waals surface area contributed by atoms with Crippen molar-refractivity contribution in [2.75, 3.05) is 0 Å². The van der Waals surface area contributed by atoms with Crippen LogP contribution in [-0.2, 0) is 5.75 Å². The lowest BCUT2D eigenvalue weighted by Gasteiger charge is -2.09. The van der Waals surface area contributed by atoms with Crippen LogP contribution in [0.2, 0.25) is 10.0 Å². The largest absolute Gasteiger partial charge is 0.324 e. The zero-order chi connectivity index (χ0) is 13.8. The van der Waals surface area contributed by atoms with Crippen LogP contribution < -0.4 is 5.73 Å². The molecule has 0 fully saturated rings. The zero-order valence-electron chi connectivity index (χ0n) is 10.6. The standard InChI is InChI=1S/C15H15Cl2NS/c1-10(18)12-4-7-15(14(17)8-12)19-9-11-2-5-13(16)6-3-11/h2-8,10H,9,18H2,1H3/t10-/m1/s1. The van der Waals surface area contributed by atoms with E-state index in [-0.39, 0.29) is 6.04 Å². The van der Waals surface area contributed by atoms with Crippen molar-refractivity contribution in [1.82, 2.24) is 0 Å². The number of benzene rings is 2. The highest BCUT2D eigenvalue weighted by atomic mass is 35.5. The lowest BCUT2D eigenvalue weighted by Crippen LogP contribution is -2.04. The quantitative estimate of drug-likeness (QED) is 0.775. The van der Waals surface area contributed by atoms with Crippen LogP contribution in [0.5, 0.6) is 0 Å². The molecular formula is C15H15Cl2NS. The van der Waals surface area contributed by atoms with Gasteiger partial charge in [-0.25, -0.2) is 0 Å². The summed E-state index contributed by atoms with van der Waals surface area (Å²) in [6, 6.07) is 13.9. The van der Waals surface area contributed by atoms with Gasteiger partial charge in [-0.1, -0.05) is 41.4 Å². The zero-order valence-corrected chi connectivity index (χ0v) is 12.9. The van der Waals surface area contributed by atoms with Gasteiger partial charge in [0.25, 0.3) is 0 Å². The van der Waals surface area contributed by atoms with Crippen molar-refractivity contribution in [2.24, 2.45) is 5.73 Å². The molecule has 0 heterocycles. The molecular weight excluding hydrogens is 297 g/mol. The van der Waals surface area contributed by atoms with Crippen LogP contribution in [0.1, 0.15) is 24.1 Å². The molecule has 0 spiro atoms. The first-order valence-electron chi connectivity index (χ1n) is 5.98. The summed E-state index contributed by atoms with van der Waals surface area (Å²) in [5.74, 6) is 0.869. The molecule has 2 rings (SSSR count). The Bertz CT molecular complexity index is 553. The molecule has 0 amide bonds. The summed E-state index contributed by atoms with van der Waals surface area (Å²) in [5, 5.41) is 1.52. The van der Waals surface area contributed by atoms with E-state index in [9.17, 15) is 0 Å². The molecule has 1 atom stereocenters. The third-order valence-electron chi connectivity index (χ3n) is 2.79. The summed E-state index contributed by atoms with van der Waals surface area (Å²) in [7, 11) is 0. The summed E-state index contributed by atoms with van der Waals surface area (Å²) in [6.45, 7) is 1.95. The first kappa shape index (κ1) is 14.7. The van der Waals surface area contributed by atoms with Crippen LogP contribution in [-0.4, -0.2) is 0 Å². The van der Waals surface area contributed by atoms with E-state index in [1.165, 1.54) is 5.56 Å². The maximum atomic E-state index is 6.27. The average molecular weight is 312 g/mol. The molecule has 0 aliphatic rings. The molecule has 2 N–H and O–H groups in total. The molecule has 0 aromatic heterocycles. The Kier molecular flexibility index (Phi) is 5.17. The summed E-state index contributed by atoms with van der Waals surface area (Å²) < 4.78 is 0. The number of nitrogens with two attached hydrogens (primary N) is 1. The highest BCUT2D eigenvalue weighted by Crippen LogP contribution is 2.31. The lowest BCUT2D eigenvalue weighted by molar-refractivity contribution is 0.817. The van der Waals surface area contributed by atoms with Crippen molar-refractivity contribution < 1.29 is 0 Å². The van der Waals surface area contributed by atoms with Crippen molar-refractivity contribution >= 4 is 35.0 Å². The minimum atomic E-state index is 0.00724. The second-order valence-electron chi connectivity index (χ2n) is 4.39. The molecule has 0 aliphatic heterocycles. The fourth-order valence-electron chi connectivity index (χ4n) is 1.66. The molecule has 0 bridgehead atoms. The Morgan fingerprint density at radius 3 is 2.37 bits per heavy atom. The Balaban J connectivity index is 2.05. The third-order valence-corrected chi connectivity index (χ3v) is 4.61. The number of hydrogen-bond donors (Lipinski definition) is 1. The minimum absolute atomic E-state index is 0.00724. The van der Waals surface area contributed by atoms with Gasteiger partial charge in [0.05, 0.1) is 5.02 Å². The van der Waals surface area contributed by atoms with E-state index in [2.05, 4.69) is 0 Å². The van der Waals surface area contributed by atoms with Crippen molar-refractivity contribution in [3.8, 4) is 0 Å².